The van der Waals surface area contributed by atoms with Crippen LogP contribution in [0, 0.1) is 13.8 Å². The van der Waals surface area contributed by atoms with Crippen LogP contribution in [0.4, 0.5) is 4.79 Å². The van der Waals surface area contributed by atoms with Crippen LogP contribution in [0.5, 0.6) is 0 Å². The van der Waals surface area contributed by atoms with Crippen molar-refractivity contribution in [3.8, 4) is 0 Å². The Morgan fingerprint density at radius 1 is 1.09 bits per heavy atom. The van der Waals surface area contributed by atoms with Gasteiger partial charge in [-0.05, 0) is 42.7 Å². The van der Waals surface area contributed by atoms with Gasteiger partial charge < -0.3 is 15.2 Å². The number of β-amino-alcohol motifs (C(OH)–C–C–N with tert-alkyl or cyclic N) is 1. The lowest BCUT2D eigenvalue weighted by Gasteiger charge is -2.22. The molecular formula is C23H27N3O7S. The van der Waals surface area contributed by atoms with Gasteiger partial charge in [0, 0.05) is 19.5 Å². The van der Waals surface area contributed by atoms with Crippen molar-refractivity contribution in [1.82, 2.24) is 14.9 Å². The lowest BCUT2D eigenvalue weighted by Crippen LogP contribution is -2.44. The van der Waals surface area contributed by atoms with Crippen molar-refractivity contribution in [2.45, 2.75) is 43.9 Å². The molecule has 10 nitrogen and oxygen atoms in total. The van der Waals surface area contributed by atoms with Gasteiger partial charge in [-0.3, -0.25) is 14.9 Å². The second kappa shape index (κ2) is 10.8. The van der Waals surface area contributed by atoms with Crippen LogP contribution in [0.2, 0.25) is 0 Å². The van der Waals surface area contributed by atoms with Gasteiger partial charge in [-0.15, -0.1) is 0 Å². The molecule has 0 aliphatic carbocycles. The molecule has 2 unspecified atom stereocenters. The molecule has 2 aromatic carbocycles. The van der Waals surface area contributed by atoms with Crippen LogP contribution in [0.25, 0.3) is 0 Å². The minimum atomic E-state index is -4.09. The summed E-state index contributed by atoms with van der Waals surface area (Å²) >= 11 is 0. The summed E-state index contributed by atoms with van der Waals surface area (Å²) in [6.45, 7) is 2.77. The first-order chi connectivity index (χ1) is 16.1. The number of carbonyl (C=O) groups is 3. The van der Waals surface area contributed by atoms with E-state index in [4.69, 9.17) is 4.74 Å². The van der Waals surface area contributed by atoms with Gasteiger partial charge in [0.1, 0.15) is 6.04 Å². The Morgan fingerprint density at radius 2 is 1.79 bits per heavy atom. The number of benzene rings is 2. The van der Waals surface area contributed by atoms with Crippen LogP contribution in [-0.4, -0.2) is 61.0 Å². The number of aryl methyl sites for hydroxylation is 2. The first-order valence-electron chi connectivity index (χ1n) is 10.6. The number of urea groups is 1. The molecule has 3 amide bonds. The zero-order chi connectivity index (χ0) is 24.9. The Bertz CT molecular complexity index is 1170. The summed E-state index contributed by atoms with van der Waals surface area (Å²) in [5.41, 5.74) is 2.51. The van der Waals surface area contributed by atoms with Gasteiger partial charge in [-0.1, -0.05) is 36.4 Å². The summed E-state index contributed by atoms with van der Waals surface area (Å²) in [6, 6.07) is 11.6. The van der Waals surface area contributed by atoms with Crippen LogP contribution >= 0.6 is 0 Å². The molecule has 1 saturated heterocycles. The van der Waals surface area contributed by atoms with Gasteiger partial charge in [-0.2, -0.15) is 4.31 Å². The number of aliphatic hydroxyl groups excluding tert-OH is 1. The third-order valence-corrected chi connectivity index (χ3v) is 7.36. The number of carbonyl (C=O) groups excluding carboxylic acids is 3. The van der Waals surface area contributed by atoms with E-state index in [-0.39, 0.29) is 24.4 Å². The monoisotopic (exact) mass is 489 g/mol. The van der Waals surface area contributed by atoms with E-state index in [1.807, 2.05) is 30.4 Å². The SMILES string of the molecule is Cc1ccc(S(=O)(=O)N2CC(O)CC2C(=O)OCC(=O)NC(=O)NCc2ccccc2)cc1C. The van der Waals surface area contributed by atoms with Crippen molar-refractivity contribution in [2.75, 3.05) is 13.2 Å². The van der Waals surface area contributed by atoms with E-state index in [0.29, 0.717) is 0 Å². The van der Waals surface area contributed by atoms with Gasteiger partial charge in [0.25, 0.3) is 5.91 Å². The lowest BCUT2D eigenvalue weighted by molar-refractivity contribution is -0.151. The first kappa shape index (κ1) is 25.3. The molecule has 1 heterocycles. The molecular weight excluding hydrogens is 462 g/mol. The quantitative estimate of drug-likeness (QED) is 0.493. The highest BCUT2D eigenvalue weighted by atomic mass is 32.2. The van der Waals surface area contributed by atoms with Crippen LogP contribution in [-0.2, 0) is 30.9 Å². The number of ether oxygens (including phenoxy) is 1. The number of sulfonamides is 1. The molecule has 0 radical (unpaired) electrons. The van der Waals surface area contributed by atoms with Crippen LogP contribution in [0.15, 0.2) is 53.4 Å². The van der Waals surface area contributed by atoms with E-state index in [1.54, 1.807) is 25.1 Å². The summed E-state index contributed by atoms with van der Waals surface area (Å²) in [4.78, 5) is 36.4. The van der Waals surface area contributed by atoms with Gasteiger partial charge >= 0.3 is 12.0 Å². The van der Waals surface area contributed by atoms with Crippen molar-refractivity contribution < 1.29 is 32.6 Å². The summed E-state index contributed by atoms with van der Waals surface area (Å²) in [7, 11) is -4.09. The van der Waals surface area contributed by atoms with E-state index in [1.165, 1.54) is 12.1 Å². The zero-order valence-corrected chi connectivity index (χ0v) is 19.7. The van der Waals surface area contributed by atoms with Gasteiger partial charge in [-0.25, -0.2) is 13.2 Å². The number of nitrogens with one attached hydrogen (secondary N) is 2. The predicted molar refractivity (Wildman–Crippen MR) is 122 cm³/mol. The standard InChI is InChI=1S/C23H27N3O7S/c1-15-8-9-19(10-16(15)2)34(31,32)26-13-18(27)11-20(26)22(29)33-14-21(28)25-23(30)24-12-17-6-4-3-5-7-17/h3-10,18,20,27H,11-14H2,1-2H3,(H2,24,25,28,30). The normalized spacial score (nSPS) is 18.3. The summed E-state index contributed by atoms with van der Waals surface area (Å²) < 4.78 is 32.1. The van der Waals surface area contributed by atoms with Crippen LogP contribution in [0.3, 0.4) is 0 Å². The summed E-state index contributed by atoms with van der Waals surface area (Å²) in [5, 5.41) is 14.6. The third kappa shape index (κ3) is 6.19. The average molecular weight is 490 g/mol. The van der Waals surface area contributed by atoms with Crippen molar-refractivity contribution in [2.24, 2.45) is 0 Å². The summed E-state index contributed by atoms with van der Waals surface area (Å²) in [5.74, 6) is -1.86. The molecule has 2 atom stereocenters. The Morgan fingerprint density at radius 3 is 2.47 bits per heavy atom. The molecule has 0 spiro atoms. The number of esters is 1. The molecule has 11 heteroatoms. The fourth-order valence-corrected chi connectivity index (χ4v) is 5.20. The van der Waals surface area contributed by atoms with E-state index in [0.717, 1.165) is 21.0 Å². The molecule has 0 aromatic heterocycles. The second-order valence-electron chi connectivity index (χ2n) is 8.05. The number of aliphatic hydroxyl groups is 1. The molecule has 3 N–H and O–H groups in total. The Kier molecular flexibility index (Phi) is 8.02. The van der Waals surface area contributed by atoms with E-state index in [2.05, 4.69) is 5.32 Å². The third-order valence-electron chi connectivity index (χ3n) is 5.49. The first-order valence-corrected chi connectivity index (χ1v) is 12.1. The fraction of sp³-hybridized carbons (Fsp3) is 0.348. The maximum atomic E-state index is 13.1. The van der Waals surface area contributed by atoms with E-state index in [9.17, 15) is 27.9 Å². The van der Waals surface area contributed by atoms with Crippen LogP contribution in [0.1, 0.15) is 23.1 Å². The van der Waals surface area contributed by atoms with Crippen molar-refractivity contribution in [3.63, 3.8) is 0 Å². The predicted octanol–water partition coefficient (Wildman–Crippen LogP) is 0.997. The number of imide groups is 1. The molecule has 182 valence electrons. The van der Waals surface area contributed by atoms with Gasteiger partial charge in [0.15, 0.2) is 6.61 Å². The fourth-order valence-electron chi connectivity index (χ4n) is 3.49. The minimum absolute atomic E-state index is 0.00432. The Balaban J connectivity index is 1.57. The molecule has 3 rings (SSSR count). The highest BCUT2D eigenvalue weighted by Crippen LogP contribution is 2.28. The zero-order valence-electron chi connectivity index (χ0n) is 18.9. The van der Waals surface area contributed by atoms with Crippen molar-refractivity contribution in [3.05, 3.63) is 65.2 Å². The smallest absolute Gasteiger partial charge is 0.325 e. The van der Waals surface area contributed by atoms with Gasteiger partial charge in [0.2, 0.25) is 10.0 Å². The maximum Gasteiger partial charge on any atom is 0.325 e. The Hall–Kier alpha value is -3.28. The minimum Gasteiger partial charge on any atom is -0.454 e. The van der Waals surface area contributed by atoms with E-state index < -0.39 is 46.7 Å². The molecule has 2 aromatic rings. The maximum absolute atomic E-state index is 13.1. The number of hydrogen-bond donors (Lipinski definition) is 3. The average Bonchev–Trinajstić information content (AvgIpc) is 3.21. The Labute approximate surface area is 198 Å². The molecule has 1 aliphatic heterocycles. The number of nitrogens with zero attached hydrogens (tertiary/aromatic N) is 1. The highest BCUT2D eigenvalue weighted by molar-refractivity contribution is 7.89. The molecule has 34 heavy (non-hydrogen) atoms. The number of rotatable bonds is 7. The van der Waals surface area contributed by atoms with Crippen LogP contribution < -0.4 is 10.6 Å². The number of hydrogen-bond acceptors (Lipinski definition) is 7. The number of amides is 3. The van der Waals surface area contributed by atoms with Gasteiger partial charge in [0.05, 0.1) is 11.0 Å². The lowest BCUT2D eigenvalue weighted by atomic mass is 10.1. The molecule has 1 fully saturated rings. The van der Waals surface area contributed by atoms with Crippen molar-refractivity contribution >= 4 is 27.9 Å². The highest BCUT2D eigenvalue weighted by Gasteiger charge is 2.44. The molecule has 1 aliphatic rings. The van der Waals surface area contributed by atoms with Crippen molar-refractivity contribution in [1.29, 1.82) is 0 Å². The topological polar surface area (TPSA) is 142 Å². The molecule has 0 saturated carbocycles. The molecule has 0 bridgehead atoms. The second-order valence-corrected chi connectivity index (χ2v) is 9.94. The van der Waals surface area contributed by atoms with E-state index >= 15 is 0 Å². The largest absolute Gasteiger partial charge is 0.454 e. The summed E-state index contributed by atoms with van der Waals surface area (Å²) in [6.07, 6.45) is -1.22.